The molecule has 1 atom stereocenters. The minimum atomic E-state index is 0.324. The highest BCUT2D eigenvalue weighted by Gasteiger charge is 2.12. The van der Waals surface area contributed by atoms with Gasteiger partial charge in [-0.1, -0.05) is 41.9 Å². The van der Waals surface area contributed by atoms with Crippen LogP contribution in [-0.2, 0) is 6.42 Å². The molecule has 0 amide bonds. The van der Waals surface area contributed by atoms with Gasteiger partial charge in [0, 0.05) is 11.1 Å². The van der Waals surface area contributed by atoms with E-state index >= 15 is 0 Å². The smallest absolute Gasteiger partial charge is 0.156 e. The van der Waals surface area contributed by atoms with Gasteiger partial charge in [-0.2, -0.15) is 0 Å². The zero-order valence-corrected chi connectivity index (χ0v) is 14.5. The van der Waals surface area contributed by atoms with Gasteiger partial charge in [0.1, 0.15) is 0 Å². The molecule has 112 valence electrons. The van der Waals surface area contributed by atoms with Crippen molar-refractivity contribution in [3.05, 3.63) is 57.5 Å². The molecule has 0 aliphatic rings. The molecular weight excluding hydrogens is 350 g/mol. The number of aryl methyl sites for hydroxylation is 1. The third kappa shape index (κ3) is 4.65. The maximum absolute atomic E-state index is 6.11. The van der Waals surface area contributed by atoms with Crippen molar-refractivity contribution in [3.63, 3.8) is 0 Å². The van der Waals surface area contributed by atoms with Crippen LogP contribution in [0.2, 0.25) is 5.02 Å². The molecule has 2 nitrogen and oxygen atoms in total. The molecule has 0 heterocycles. The van der Waals surface area contributed by atoms with E-state index in [0.29, 0.717) is 11.1 Å². The lowest BCUT2D eigenvalue weighted by Crippen LogP contribution is -2.16. The van der Waals surface area contributed by atoms with Gasteiger partial charge in [0.2, 0.25) is 0 Å². The van der Waals surface area contributed by atoms with Crippen LogP contribution in [0.1, 0.15) is 18.9 Å². The van der Waals surface area contributed by atoms with Crippen LogP contribution in [0.25, 0.3) is 0 Å². The minimum absolute atomic E-state index is 0.324. The molecule has 0 saturated carbocycles. The van der Waals surface area contributed by atoms with Crippen molar-refractivity contribution < 1.29 is 4.74 Å². The highest BCUT2D eigenvalue weighted by atomic mass is 79.9. The first kappa shape index (κ1) is 16.2. The van der Waals surface area contributed by atoms with E-state index in [4.69, 9.17) is 16.3 Å². The van der Waals surface area contributed by atoms with E-state index in [1.54, 1.807) is 7.11 Å². The maximum Gasteiger partial charge on any atom is 0.156 e. The summed E-state index contributed by atoms with van der Waals surface area (Å²) >= 11 is 9.58. The molecule has 1 N–H and O–H groups in total. The molecule has 1 unspecified atom stereocenters. The van der Waals surface area contributed by atoms with Crippen molar-refractivity contribution in [1.29, 1.82) is 0 Å². The Bertz CT molecular complexity index is 589. The number of benzene rings is 2. The summed E-state index contributed by atoms with van der Waals surface area (Å²) in [6.45, 7) is 2.16. The summed E-state index contributed by atoms with van der Waals surface area (Å²) in [6, 6.07) is 14.6. The summed E-state index contributed by atoms with van der Waals surface area (Å²) in [5.41, 5.74) is 2.27. The van der Waals surface area contributed by atoms with Crippen LogP contribution in [-0.4, -0.2) is 13.2 Å². The van der Waals surface area contributed by atoms with Crippen LogP contribution >= 0.6 is 27.5 Å². The number of ether oxygens (including phenoxy) is 1. The zero-order chi connectivity index (χ0) is 15.2. The van der Waals surface area contributed by atoms with Gasteiger partial charge in [0.15, 0.2) is 5.75 Å². The Balaban J connectivity index is 2.01. The highest BCUT2D eigenvalue weighted by Crippen LogP contribution is 2.36. The topological polar surface area (TPSA) is 21.3 Å². The van der Waals surface area contributed by atoms with Crippen LogP contribution in [0.3, 0.4) is 0 Å². The van der Waals surface area contributed by atoms with Crippen molar-refractivity contribution in [2.75, 3.05) is 12.4 Å². The molecule has 0 aromatic heterocycles. The fraction of sp³-hybridized carbons (Fsp3) is 0.294. The first-order chi connectivity index (χ1) is 10.1. The van der Waals surface area contributed by atoms with Gasteiger partial charge in [0.25, 0.3) is 0 Å². The van der Waals surface area contributed by atoms with E-state index in [-0.39, 0.29) is 0 Å². The number of rotatable bonds is 6. The Hall–Kier alpha value is -1.19. The Morgan fingerprint density at radius 2 is 1.95 bits per heavy atom. The number of nitrogens with one attached hydrogen (secondary N) is 1. The first-order valence-corrected chi connectivity index (χ1v) is 8.10. The van der Waals surface area contributed by atoms with Crippen molar-refractivity contribution in [3.8, 4) is 5.75 Å². The summed E-state index contributed by atoms with van der Waals surface area (Å²) in [7, 11) is 1.66. The lowest BCUT2D eigenvalue weighted by Gasteiger charge is -2.18. The second-order valence-electron chi connectivity index (χ2n) is 5.04. The third-order valence-corrected chi connectivity index (χ3v) is 4.13. The fourth-order valence-corrected chi connectivity index (χ4v) is 3.21. The van der Waals surface area contributed by atoms with E-state index in [0.717, 1.165) is 28.8 Å². The average molecular weight is 369 g/mol. The molecule has 4 heteroatoms. The van der Waals surface area contributed by atoms with Crippen molar-refractivity contribution in [2.45, 2.75) is 25.8 Å². The summed E-state index contributed by atoms with van der Waals surface area (Å²) < 4.78 is 6.28. The molecule has 0 aliphatic heterocycles. The summed E-state index contributed by atoms with van der Waals surface area (Å²) in [5, 5.41) is 4.15. The summed E-state index contributed by atoms with van der Waals surface area (Å²) in [6.07, 6.45) is 2.08. The lowest BCUT2D eigenvalue weighted by atomic mass is 10.1. The van der Waals surface area contributed by atoms with E-state index < -0.39 is 0 Å². The van der Waals surface area contributed by atoms with Crippen LogP contribution in [0.4, 0.5) is 5.69 Å². The highest BCUT2D eigenvalue weighted by molar-refractivity contribution is 9.10. The van der Waals surface area contributed by atoms with Crippen molar-refractivity contribution >= 4 is 33.2 Å². The first-order valence-electron chi connectivity index (χ1n) is 6.93. The predicted octanol–water partition coefficient (Wildman–Crippen LogP) is 5.54. The number of halogens is 2. The Labute approximate surface area is 139 Å². The fourth-order valence-electron chi connectivity index (χ4n) is 2.24. The second-order valence-corrected chi connectivity index (χ2v) is 6.33. The van der Waals surface area contributed by atoms with Gasteiger partial charge in [0.05, 0.1) is 17.3 Å². The molecule has 0 aliphatic carbocycles. The second kappa shape index (κ2) is 7.71. The van der Waals surface area contributed by atoms with Gasteiger partial charge in [-0.05, 0) is 53.4 Å². The predicted molar refractivity (Wildman–Crippen MR) is 93.6 cm³/mol. The quantitative estimate of drug-likeness (QED) is 0.722. The number of methoxy groups -OCH3 is 1. The molecule has 2 aromatic rings. The Kier molecular flexibility index (Phi) is 5.95. The molecule has 0 spiro atoms. The largest absolute Gasteiger partial charge is 0.493 e. The van der Waals surface area contributed by atoms with Gasteiger partial charge in [-0.15, -0.1) is 0 Å². The van der Waals surface area contributed by atoms with Gasteiger partial charge >= 0.3 is 0 Å². The normalized spacial score (nSPS) is 12.0. The zero-order valence-electron chi connectivity index (χ0n) is 12.2. The van der Waals surface area contributed by atoms with Gasteiger partial charge in [-0.3, -0.25) is 0 Å². The van der Waals surface area contributed by atoms with Crippen molar-refractivity contribution in [1.82, 2.24) is 0 Å². The van der Waals surface area contributed by atoms with Gasteiger partial charge in [-0.25, -0.2) is 0 Å². The number of anilines is 1. The number of hydrogen-bond acceptors (Lipinski definition) is 2. The number of hydrogen-bond donors (Lipinski definition) is 1. The molecule has 0 bridgehead atoms. The molecule has 2 rings (SSSR count). The molecule has 0 saturated heterocycles. The average Bonchev–Trinajstić information content (AvgIpc) is 2.46. The molecule has 2 aromatic carbocycles. The Morgan fingerprint density at radius 3 is 2.62 bits per heavy atom. The van der Waals surface area contributed by atoms with Crippen LogP contribution in [0, 0.1) is 0 Å². The van der Waals surface area contributed by atoms with Crippen LogP contribution in [0.15, 0.2) is 46.9 Å². The third-order valence-electron chi connectivity index (χ3n) is 3.32. The van der Waals surface area contributed by atoms with Gasteiger partial charge < -0.3 is 10.1 Å². The Morgan fingerprint density at radius 1 is 1.24 bits per heavy atom. The monoisotopic (exact) mass is 367 g/mol. The van der Waals surface area contributed by atoms with E-state index in [1.807, 2.05) is 18.2 Å². The van der Waals surface area contributed by atoms with Crippen LogP contribution in [0.5, 0.6) is 5.75 Å². The SMILES string of the molecule is COc1c(Br)cc(Cl)cc1NC(C)CCc1ccccc1. The lowest BCUT2D eigenvalue weighted by molar-refractivity contribution is 0.413. The maximum atomic E-state index is 6.11. The van der Waals surface area contributed by atoms with E-state index in [2.05, 4.69) is 52.4 Å². The van der Waals surface area contributed by atoms with E-state index in [9.17, 15) is 0 Å². The summed E-state index contributed by atoms with van der Waals surface area (Å²) in [5.74, 6) is 0.783. The molecular formula is C17H19BrClNO. The molecule has 21 heavy (non-hydrogen) atoms. The minimum Gasteiger partial charge on any atom is -0.493 e. The molecule has 0 radical (unpaired) electrons. The summed E-state index contributed by atoms with van der Waals surface area (Å²) in [4.78, 5) is 0. The molecule has 0 fully saturated rings. The van der Waals surface area contributed by atoms with Crippen LogP contribution < -0.4 is 10.1 Å². The van der Waals surface area contributed by atoms with E-state index in [1.165, 1.54) is 5.56 Å². The standard InChI is InChI=1S/C17H19BrClNO/c1-12(8-9-13-6-4-3-5-7-13)20-16-11-14(19)10-15(18)17(16)21-2/h3-7,10-12,20H,8-9H2,1-2H3. The van der Waals surface area contributed by atoms with Crippen molar-refractivity contribution in [2.24, 2.45) is 0 Å².